The van der Waals surface area contributed by atoms with Crippen molar-refractivity contribution in [3.05, 3.63) is 119 Å². The van der Waals surface area contributed by atoms with E-state index >= 15 is 0 Å². The fourth-order valence-corrected chi connectivity index (χ4v) is 5.57. The topological polar surface area (TPSA) is 55.4 Å². The third-order valence-electron chi connectivity index (χ3n) is 6.25. The maximum absolute atomic E-state index is 12.7. The lowest BCUT2D eigenvalue weighted by Gasteiger charge is -2.16. The van der Waals surface area contributed by atoms with E-state index in [2.05, 4.69) is 35.6 Å². The zero-order valence-electron chi connectivity index (χ0n) is 19.4. The summed E-state index contributed by atoms with van der Waals surface area (Å²) >= 11 is 1.52. The van der Waals surface area contributed by atoms with Gasteiger partial charge in [0.1, 0.15) is 6.61 Å². The highest BCUT2D eigenvalue weighted by Gasteiger charge is 2.29. The number of rotatable bonds is 7. The first kappa shape index (κ1) is 22.9. The molecule has 1 aliphatic rings. The van der Waals surface area contributed by atoms with Crippen LogP contribution in [0.3, 0.4) is 0 Å². The minimum atomic E-state index is -0.447. The molecule has 0 saturated carbocycles. The molecule has 4 aromatic rings. The summed E-state index contributed by atoms with van der Waals surface area (Å²) in [5.74, 6) is 0.0260. The summed E-state index contributed by atoms with van der Waals surface area (Å²) in [6, 6.07) is 30.2. The molecule has 1 amide bonds. The largest absolute Gasteiger partial charge is 0.449 e. The maximum Gasteiger partial charge on any atom is 0.407 e. The number of carbonyl (C=O) groups excluding carboxylic acids is 2. The Morgan fingerprint density at radius 3 is 2.26 bits per heavy atom. The molecule has 0 aromatic heterocycles. The summed E-state index contributed by atoms with van der Waals surface area (Å²) in [6.07, 6.45) is 0.420. The summed E-state index contributed by atoms with van der Waals surface area (Å²) in [5, 5.41) is 2.91. The number of alkyl carbamates (subject to hydrolysis) is 1. The minimum absolute atomic E-state index is 0.0260. The van der Waals surface area contributed by atoms with Crippen molar-refractivity contribution >= 4 is 24.1 Å². The molecule has 1 aliphatic carbocycles. The number of fused-ring (bicyclic) bond motifs is 3. The Labute approximate surface area is 209 Å². The zero-order valence-corrected chi connectivity index (χ0v) is 20.2. The van der Waals surface area contributed by atoms with Crippen molar-refractivity contribution < 1.29 is 14.3 Å². The molecule has 4 aromatic carbocycles. The zero-order chi connectivity index (χ0) is 24.2. The van der Waals surface area contributed by atoms with E-state index in [1.54, 1.807) is 6.07 Å². The van der Waals surface area contributed by atoms with Gasteiger partial charge in [-0.25, -0.2) is 4.79 Å². The number of hydrogen-bond donors (Lipinski definition) is 1. The Bertz CT molecular complexity index is 1350. The van der Waals surface area contributed by atoms with Crippen LogP contribution in [0.1, 0.15) is 38.5 Å². The Morgan fingerprint density at radius 2 is 1.54 bits per heavy atom. The second-order valence-electron chi connectivity index (χ2n) is 8.55. The van der Waals surface area contributed by atoms with Crippen LogP contribution in [0.5, 0.6) is 0 Å². The molecule has 0 saturated heterocycles. The lowest BCUT2D eigenvalue weighted by molar-refractivity contribution is 0.112. The third-order valence-corrected chi connectivity index (χ3v) is 7.46. The van der Waals surface area contributed by atoms with Crippen LogP contribution in [0.4, 0.5) is 4.79 Å². The van der Waals surface area contributed by atoms with E-state index in [-0.39, 0.29) is 12.5 Å². The Balaban J connectivity index is 1.26. The number of benzene rings is 4. The van der Waals surface area contributed by atoms with Gasteiger partial charge >= 0.3 is 6.09 Å². The quantitative estimate of drug-likeness (QED) is 0.290. The molecule has 0 heterocycles. The van der Waals surface area contributed by atoms with Gasteiger partial charge in [-0.3, -0.25) is 4.79 Å². The first-order valence-electron chi connectivity index (χ1n) is 11.5. The maximum atomic E-state index is 12.7. The van der Waals surface area contributed by atoms with Gasteiger partial charge in [0.05, 0.1) is 0 Å². The van der Waals surface area contributed by atoms with Crippen molar-refractivity contribution in [2.24, 2.45) is 0 Å². The summed E-state index contributed by atoms with van der Waals surface area (Å²) < 4.78 is 5.68. The van der Waals surface area contributed by atoms with E-state index < -0.39 is 6.09 Å². The van der Waals surface area contributed by atoms with Crippen molar-refractivity contribution in [2.45, 2.75) is 29.2 Å². The van der Waals surface area contributed by atoms with E-state index in [4.69, 9.17) is 4.74 Å². The van der Waals surface area contributed by atoms with Gasteiger partial charge in [-0.05, 0) is 46.9 Å². The summed E-state index contributed by atoms with van der Waals surface area (Å²) in [7, 11) is 0. The molecule has 35 heavy (non-hydrogen) atoms. The SMILES string of the molecule is Cc1ccc(Sc2ccccc2C=O)c(CNC(=O)OCC2c3ccccc3-c3ccccc32)c1. The van der Waals surface area contributed by atoms with Crippen LogP contribution < -0.4 is 5.32 Å². The molecule has 5 rings (SSSR count). The van der Waals surface area contributed by atoms with Crippen LogP contribution >= 0.6 is 11.8 Å². The second-order valence-corrected chi connectivity index (χ2v) is 9.63. The van der Waals surface area contributed by atoms with E-state index in [1.807, 2.05) is 61.5 Å². The molecule has 0 atom stereocenters. The van der Waals surface area contributed by atoms with Gasteiger partial charge in [0.2, 0.25) is 0 Å². The highest BCUT2D eigenvalue weighted by molar-refractivity contribution is 7.99. The molecular formula is C30H25NO3S. The number of amides is 1. The molecule has 5 heteroatoms. The lowest BCUT2D eigenvalue weighted by atomic mass is 9.98. The number of carbonyl (C=O) groups is 2. The van der Waals surface area contributed by atoms with Gasteiger partial charge in [-0.2, -0.15) is 0 Å². The number of aryl methyl sites for hydroxylation is 1. The lowest BCUT2D eigenvalue weighted by Crippen LogP contribution is -2.26. The van der Waals surface area contributed by atoms with Crippen LogP contribution in [-0.2, 0) is 11.3 Å². The van der Waals surface area contributed by atoms with Gasteiger partial charge in [0, 0.05) is 27.8 Å². The monoisotopic (exact) mass is 479 g/mol. The summed E-state index contributed by atoms with van der Waals surface area (Å²) in [6.45, 7) is 2.64. The van der Waals surface area contributed by atoms with Crippen LogP contribution in [0.2, 0.25) is 0 Å². The van der Waals surface area contributed by atoms with Crippen molar-refractivity contribution in [1.29, 1.82) is 0 Å². The van der Waals surface area contributed by atoms with E-state index in [0.29, 0.717) is 12.1 Å². The van der Waals surface area contributed by atoms with Gasteiger partial charge in [0.15, 0.2) is 6.29 Å². The molecule has 0 fully saturated rings. The van der Waals surface area contributed by atoms with E-state index in [0.717, 1.165) is 27.2 Å². The van der Waals surface area contributed by atoms with Gasteiger partial charge < -0.3 is 10.1 Å². The molecule has 174 valence electrons. The third kappa shape index (κ3) is 4.86. The normalized spacial score (nSPS) is 12.0. The molecular weight excluding hydrogens is 454 g/mol. The highest BCUT2D eigenvalue weighted by atomic mass is 32.2. The Morgan fingerprint density at radius 1 is 0.886 bits per heavy atom. The molecule has 4 nitrogen and oxygen atoms in total. The second kappa shape index (κ2) is 10.2. The van der Waals surface area contributed by atoms with Gasteiger partial charge in [0.25, 0.3) is 0 Å². The summed E-state index contributed by atoms with van der Waals surface area (Å²) in [5.41, 5.74) is 7.50. The highest BCUT2D eigenvalue weighted by Crippen LogP contribution is 2.44. The predicted octanol–water partition coefficient (Wildman–Crippen LogP) is 7.00. The number of nitrogens with one attached hydrogen (secondary N) is 1. The van der Waals surface area contributed by atoms with Crippen molar-refractivity contribution in [3.8, 4) is 11.1 Å². The van der Waals surface area contributed by atoms with Crippen LogP contribution in [-0.4, -0.2) is 19.0 Å². The molecule has 0 aliphatic heterocycles. The molecule has 0 radical (unpaired) electrons. The molecule has 0 unspecified atom stereocenters. The van der Waals surface area contributed by atoms with Crippen molar-refractivity contribution in [3.63, 3.8) is 0 Å². The first-order valence-corrected chi connectivity index (χ1v) is 12.4. The van der Waals surface area contributed by atoms with Crippen molar-refractivity contribution in [1.82, 2.24) is 5.32 Å². The Kier molecular flexibility index (Phi) is 6.68. The first-order chi connectivity index (χ1) is 17.1. The summed E-state index contributed by atoms with van der Waals surface area (Å²) in [4.78, 5) is 26.0. The molecule has 0 bridgehead atoms. The van der Waals surface area contributed by atoms with E-state index in [9.17, 15) is 9.59 Å². The standard InChI is InChI=1S/C30H25NO3S/c1-20-14-15-29(35-28-13-7-2-8-21(28)18-32)22(16-20)17-31-30(33)34-19-27-25-11-5-3-9-23(25)24-10-4-6-12-26(24)27/h2-16,18,27H,17,19H2,1H3,(H,31,33). The predicted molar refractivity (Wildman–Crippen MR) is 139 cm³/mol. The average Bonchev–Trinajstić information content (AvgIpc) is 3.21. The Hall–Kier alpha value is -3.83. The van der Waals surface area contributed by atoms with E-state index in [1.165, 1.54) is 34.0 Å². The van der Waals surface area contributed by atoms with Gasteiger partial charge in [-0.15, -0.1) is 0 Å². The fourth-order valence-electron chi connectivity index (χ4n) is 4.55. The minimum Gasteiger partial charge on any atom is -0.449 e. The van der Waals surface area contributed by atoms with Crippen LogP contribution in [0.15, 0.2) is 101 Å². The molecule has 0 spiro atoms. The smallest absolute Gasteiger partial charge is 0.407 e. The molecule has 1 N–H and O–H groups in total. The number of aldehydes is 1. The van der Waals surface area contributed by atoms with Gasteiger partial charge in [-0.1, -0.05) is 96.2 Å². The van der Waals surface area contributed by atoms with Crippen LogP contribution in [0, 0.1) is 6.92 Å². The van der Waals surface area contributed by atoms with Crippen LogP contribution in [0.25, 0.3) is 11.1 Å². The number of ether oxygens (including phenoxy) is 1. The number of hydrogen-bond acceptors (Lipinski definition) is 4. The average molecular weight is 480 g/mol. The van der Waals surface area contributed by atoms with Crippen molar-refractivity contribution in [2.75, 3.05) is 6.61 Å². The fraction of sp³-hybridized carbons (Fsp3) is 0.133.